The first-order valence-corrected chi connectivity index (χ1v) is 9.13. The molecule has 2 N–H and O–H groups in total. The van der Waals surface area contributed by atoms with Crippen molar-refractivity contribution in [3.8, 4) is 0 Å². The number of guanidine groups is 1. The van der Waals surface area contributed by atoms with E-state index in [0.29, 0.717) is 18.4 Å². The van der Waals surface area contributed by atoms with Crippen LogP contribution in [0.5, 0.6) is 0 Å². The lowest BCUT2D eigenvalue weighted by molar-refractivity contribution is 0.282. The van der Waals surface area contributed by atoms with Crippen molar-refractivity contribution in [2.45, 2.75) is 38.8 Å². The van der Waals surface area contributed by atoms with E-state index in [-0.39, 0.29) is 41.5 Å². The van der Waals surface area contributed by atoms with Crippen molar-refractivity contribution in [3.05, 3.63) is 53.2 Å². The molecule has 0 spiro atoms. The summed E-state index contributed by atoms with van der Waals surface area (Å²) in [6.07, 6.45) is 1.72. The van der Waals surface area contributed by atoms with Crippen LogP contribution in [0.1, 0.15) is 44.0 Å². The quantitative estimate of drug-likeness (QED) is 0.344. The minimum Gasteiger partial charge on any atom is -0.443 e. The minimum atomic E-state index is -0.571. The molecule has 6 nitrogen and oxygen atoms in total. The molecule has 0 aliphatic rings. The summed E-state index contributed by atoms with van der Waals surface area (Å²) < 4.78 is 34.1. The Balaban J connectivity index is 0.00000420. The Morgan fingerprint density at radius 2 is 1.83 bits per heavy atom. The van der Waals surface area contributed by atoms with Crippen LogP contribution in [0.2, 0.25) is 0 Å². The molecule has 1 heterocycles. The van der Waals surface area contributed by atoms with E-state index < -0.39 is 17.7 Å². The molecular formula is C20H30F2IN5O. The number of oxazole rings is 1. The Bertz CT molecular complexity index is 797. The molecule has 2 rings (SSSR count). The number of nitrogens with one attached hydrogen (secondary N) is 2. The molecular weight excluding hydrogens is 491 g/mol. The van der Waals surface area contributed by atoms with E-state index in [0.717, 1.165) is 5.76 Å². The Morgan fingerprint density at radius 3 is 2.31 bits per heavy atom. The number of benzene rings is 1. The van der Waals surface area contributed by atoms with Crippen LogP contribution >= 0.6 is 24.0 Å². The lowest BCUT2D eigenvalue weighted by Crippen LogP contribution is -2.41. The number of hydrogen-bond donors (Lipinski definition) is 2. The third-order valence-corrected chi connectivity index (χ3v) is 4.34. The fraction of sp³-hybridized carbons (Fsp3) is 0.500. The summed E-state index contributed by atoms with van der Waals surface area (Å²) in [6, 6.07) is 3.38. The van der Waals surface area contributed by atoms with E-state index in [1.54, 1.807) is 32.2 Å². The summed E-state index contributed by atoms with van der Waals surface area (Å²) in [5.41, 5.74) is -0.0912. The molecule has 1 atom stereocenters. The largest absolute Gasteiger partial charge is 0.443 e. The van der Waals surface area contributed by atoms with E-state index >= 15 is 0 Å². The van der Waals surface area contributed by atoms with Crippen LogP contribution in [0, 0.1) is 11.6 Å². The van der Waals surface area contributed by atoms with Gasteiger partial charge in [-0.3, -0.25) is 4.99 Å². The van der Waals surface area contributed by atoms with Crippen molar-refractivity contribution in [2.75, 3.05) is 27.7 Å². The zero-order valence-electron chi connectivity index (χ0n) is 17.7. The lowest BCUT2D eigenvalue weighted by Gasteiger charge is -2.26. The second-order valence-corrected chi connectivity index (χ2v) is 7.79. The molecule has 1 aromatic heterocycles. The molecule has 2 aromatic rings. The molecule has 0 saturated carbocycles. The number of aromatic nitrogens is 1. The van der Waals surface area contributed by atoms with Gasteiger partial charge in [0.2, 0.25) is 5.89 Å². The van der Waals surface area contributed by atoms with Crippen LogP contribution in [-0.2, 0) is 12.0 Å². The molecule has 1 aromatic carbocycles. The molecule has 0 radical (unpaired) electrons. The highest BCUT2D eigenvalue weighted by atomic mass is 127. The summed E-state index contributed by atoms with van der Waals surface area (Å²) >= 11 is 0. The van der Waals surface area contributed by atoms with Crippen molar-refractivity contribution in [2.24, 2.45) is 4.99 Å². The molecule has 9 heteroatoms. The highest BCUT2D eigenvalue weighted by Crippen LogP contribution is 2.24. The summed E-state index contributed by atoms with van der Waals surface area (Å²) in [6.45, 7) is 6.76. The first-order valence-electron chi connectivity index (χ1n) is 9.13. The van der Waals surface area contributed by atoms with Crippen molar-refractivity contribution in [1.29, 1.82) is 0 Å². The van der Waals surface area contributed by atoms with Gasteiger partial charge in [-0.15, -0.1) is 24.0 Å². The Labute approximate surface area is 188 Å². The maximum Gasteiger partial charge on any atom is 0.213 e. The average molecular weight is 521 g/mol. The van der Waals surface area contributed by atoms with Crippen LogP contribution < -0.4 is 10.6 Å². The normalized spacial score (nSPS) is 13.2. The predicted molar refractivity (Wildman–Crippen MR) is 122 cm³/mol. The molecule has 0 fully saturated rings. The van der Waals surface area contributed by atoms with Gasteiger partial charge in [-0.1, -0.05) is 26.8 Å². The van der Waals surface area contributed by atoms with E-state index in [1.807, 2.05) is 0 Å². The second kappa shape index (κ2) is 10.9. The smallest absolute Gasteiger partial charge is 0.213 e. The summed E-state index contributed by atoms with van der Waals surface area (Å²) in [5, 5.41) is 6.21. The van der Waals surface area contributed by atoms with Gasteiger partial charge in [0.25, 0.3) is 0 Å². The third-order valence-electron chi connectivity index (χ3n) is 4.34. The standard InChI is InChI=1S/C20H29F2N5O.HI/c1-20(2,3)16-11-24-17(28-16)12-26-19(23-4)25-10-15(27(5)6)18-13(21)8-7-9-14(18)22;/h7-9,11,15H,10,12H2,1-6H3,(H2,23,25,26);1H. The maximum absolute atomic E-state index is 14.2. The first-order chi connectivity index (χ1) is 13.1. The fourth-order valence-electron chi connectivity index (χ4n) is 2.68. The van der Waals surface area contributed by atoms with Gasteiger partial charge >= 0.3 is 0 Å². The lowest BCUT2D eigenvalue weighted by atomic mass is 9.94. The van der Waals surface area contributed by atoms with Crippen molar-refractivity contribution >= 4 is 29.9 Å². The van der Waals surface area contributed by atoms with Crippen LogP contribution in [0.3, 0.4) is 0 Å². The van der Waals surface area contributed by atoms with Crippen LogP contribution in [0.15, 0.2) is 33.8 Å². The molecule has 0 aliphatic heterocycles. The summed E-state index contributed by atoms with van der Waals surface area (Å²) in [4.78, 5) is 10.2. The molecule has 0 amide bonds. The van der Waals surface area contributed by atoms with Crippen LogP contribution in [0.25, 0.3) is 0 Å². The minimum absolute atomic E-state index is 0. The van der Waals surface area contributed by atoms with E-state index in [2.05, 4.69) is 41.4 Å². The SMILES string of the molecule is CN=C(NCc1ncc(C(C)(C)C)o1)NCC(c1c(F)cccc1F)N(C)C.I. The Hall–Kier alpha value is -1.75. The number of likely N-dealkylation sites (N-methyl/N-ethyl adjacent to an activating group) is 1. The monoisotopic (exact) mass is 521 g/mol. The second-order valence-electron chi connectivity index (χ2n) is 7.79. The molecule has 0 aliphatic carbocycles. The molecule has 1 unspecified atom stereocenters. The zero-order chi connectivity index (χ0) is 20.9. The number of halogens is 3. The van der Waals surface area contributed by atoms with Gasteiger partial charge in [-0.25, -0.2) is 13.8 Å². The molecule has 0 saturated heterocycles. The van der Waals surface area contributed by atoms with Crippen molar-refractivity contribution in [3.63, 3.8) is 0 Å². The maximum atomic E-state index is 14.2. The van der Waals surface area contributed by atoms with Gasteiger partial charge in [-0.2, -0.15) is 0 Å². The van der Waals surface area contributed by atoms with Gasteiger partial charge in [-0.05, 0) is 26.2 Å². The molecule has 162 valence electrons. The van der Waals surface area contributed by atoms with Gasteiger partial charge < -0.3 is 20.0 Å². The topological polar surface area (TPSA) is 65.7 Å². The summed E-state index contributed by atoms with van der Waals surface area (Å²) in [5.74, 6) is 0.683. The number of rotatable bonds is 6. The van der Waals surface area contributed by atoms with Gasteiger partial charge in [0.05, 0.1) is 18.8 Å². The van der Waals surface area contributed by atoms with Crippen molar-refractivity contribution in [1.82, 2.24) is 20.5 Å². The van der Waals surface area contributed by atoms with E-state index in [9.17, 15) is 8.78 Å². The number of aliphatic imine (C=N–C) groups is 1. The zero-order valence-corrected chi connectivity index (χ0v) is 20.0. The Kier molecular flexibility index (Phi) is 9.47. The Morgan fingerprint density at radius 1 is 1.21 bits per heavy atom. The van der Waals surface area contributed by atoms with Gasteiger partial charge in [0.1, 0.15) is 17.4 Å². The van der Waals surface area contributed by atoms with Crippen LogP contribution in [0.4, 0.5) is 8.78 Å². The highest BCUT2D eigenvalue weighted by molar-refractivity contribution is 14.0. The van der Waals surface area contributed by atoms with Gasteiger partial charge in [0, 0.05) is 24.6 Å². The highest BCUT2D eigenvalue weighted by Gasteiger charge is 2.23. The average Bonchev–Trinajstić information content (AvgIpc) is 3.09. The van der Waals surface area contributed by atoms with Crippen molar-refractivity contribution < 1.29 is 13.2 Å². The van der Waals surface area contributed by atoms with E-state index in [1.165, 1.54) is 18.2 Å². The predicted octanol–water partition coefficient (Wildman–Crippen LogP) is 3.84. The fourth-order valence-corrected chi connectivity index (χ4v) is 2.68. The number of hydrogen-bond acceptors (Lipinski definition) is 4. The first kappa shape index (κ1) is 25.3. The number of nitrogens with zero attached hydrogens (tertiary/aromatic N) is 3. The third kappa shape index (κ3) is 6.91. The van der Waals surface area contributed by atoms with Crippen LogP contribution in [-0.4, -0.2) is 43.5 Å². The van der Waals surface area contributed by atoms with E-state index in [4.69, 9.17) is 4.42 Å². The molecule has 0 bridgehead atoms. The van der Waals surface area contributed by atoms with Gasteiger partial charge in [0.15, 0.2) is 5.96 Å². The summed E-state index contributed by atoms with van der Waals surface area (Å²) in [7, 11) is 5.17. The molecule has 29 heavy (non-hydrogen) atoms.